The van der Waals surface area contributed by atoms with Crippen LogP contribution in [-0.2, 0) is 11.3 Å². The number of carbonyl (C=O) groups is 1. The number of nitrogens with one attached hydrogen (secondary N) is 1. The highest BCUT2D eigenvalue weighted by molar-refractivity contribution is 5.77. The molecule has 2 aromatic rings. The van der Waals surface area contributed by atoms with E-state index in [1.54, 1.807) is 0 Å². The van der Waals surface area contributed by atoms with E-state index in [0.29, 0.717) is 13.0 Å². The molecule has 26 heavy (non-hydrogen) atoms. The molecule has 1 aromatic carbocycles. The van der Waals surface area contributed by atoms with Crippen molar-refractivity contribution in [3.63, 3.8) is 0 Å². The van der Waals surface area contributed by atoms with Gasteiger partial charge in [-0.15, -0.1) is 0 Å². The van der Waals surface area contributed by atoms with Gasteiger partial charge in [0, 0.05) is 56.9 Å². The quantitative estimate of drug-likeness (QED) is 0.862. The van der Waals surface area contributed by atoms with Crippen molar-refractivity contribution < 1.29 is 9.32 Å². The van der Waals surface area contributed by atoms with Gasteiger partial charge in [0.2, 0.25) is 5.91 Å². The number of aromatic nitrogens is 1. The predicted octanol–water partition coefficient (Wildman–Crippen LogP) is 2.75. The van der Waals surface area contributed by atoms with E-state index in [1.165, 1.54) is 11.1 Å². The second kappa shape index (κ2) is 8.36. The number of piperazine rings is 1. The van der Waals surface area contributed by atoms with Gasteiger partial charge in [-0.2, -0.15) is 0 Å². The van der Waals surface area contributed by atoms with E-state index in [2.05, 4.69) is 28.4 Å². The molecule has 1 saturated heterocycles. The zero-order valence-corrected chi connectivity index (χ0v) is 15.9. The molecule has 0 aliphatic carbocycles. The molecule has 3 rings (SSSR count). The fourth-order valence-electron chi connectivity index (χ4n) is 3.34. The minimum atomic E-state index is 0.225. The molecule has 140 valence electrons. The van der Waals surface area contributed by atoms with Crippen molar-refractivity contribution in [2.45, 2.75) is 33.7 Å². The first kappa shape index (κ1) is 18.5. The molecule has 1 aliphatic heterocycles. The van der Waals surface area contributed by atoms with E-state index in [0.717, 1.165) is 49.9 Å². The van der Waals surface area contributed by atoms with Crippen molar-refractivity contribution in [2.24, 2.45) is 0 Å². The van der Waals surface area contributed by atoms with Gasteiger partial charge in [0.15, 0.2) is 0 Å². The number of aryl methyl sites for hydroxylation is 3. The smallest absolute Gasteiger partial charge is 0.224 e. The first-order valence-electron chi connectivity index (χ1n) is 9.26. The van der Waals surface area contributed by atoms with Crippen molar-refractivity contribution in [3.05, 3.63) is 46.8 Å². The molecule has 1 aromatic heterocycles. The minimum absolute atomic E-state index is 0.225. The summed E-state index contributed by atoms with van der Waals surface area (Å²) in [5.41, 5.74) is 4.44. The first-order chi connectivity index (χ1) is 12.5. The molecule has 2 heterocycles. The van der Waals surface area contributed by atoms with E-state index in [9.17, 15) is 4.79 Å². The lowest BCUT2D eigenvalue weighted by Crippen LogP contribution is -2.48. The van der Waals surface area contributed by atoms with Crippen LogP contribution in [0.15, 0.2) is 28.8 Å². The molecule has 6 heteroatoms. The second-order valence-electron chi connectivity index (χ2n) is 6.95. The number of para-hydroxylation sites is 1. The topological polar surface area (TPSA) is 61.6 Å². The predicted molar refractivity (Wildman–Crippen MR) is 102 cm³/mol. The Kier molecular flexibility index (Phi) is 5.93. The van der Waals surface area contributed by atoms with Crippen LogP contribution in [-0.4, -0.2) is 53.6 Å². The summed E-state index contributed by atoms with van der Waals surface area (Å²) in [5, 5.41) is 7.38. The fraction of sp³-hybridized carbons (Fsp3) is 0.500. The Balaban J connectivity index is 1.41. The zero-order chi connectivity index (χ0) is 18.5. The van der Waals surface area contributed by atoms with E-state index < -0.39 is 0 Å². The van der Waals surface area contributed by atoms with Crippen LogP contribution in [0, 0.1) is 20.8 Å². The summed E-state index contributed by atoms with van der Waals surface area (Å²) in [6, 6.07) is 8.15. The standard InChI is InChI=1S/C20H28N4O2/c1-15-6-4-5-7-19(15)21-9-8-20(25)24-12-10-23(11-13-24)14-18-16(2)22-26-17(18)3/h4-7,21H,8-14H2,1-3H3. The van der Waals surface area contributed by atoms with Crippen LogP contribution in [0.4, 0.5) is 5.69 Å². The molecule has 1 fully saturated rings. The summed E-state index contributed by atoms with van der Waals surface area (Å²) in [6.07, 6.45) is 0.526. The maximum absolute atomic E-state index is 12.4. The average molecular weight is 356 g/mol. The second-order valence-corrected chi connectivity index (χ2v) is 6.95. The van der Waals surface area contributed by atoms with Crippen LogP contribution in [0.5, 0.6) is 0 Å². The van der Waals surface area contributed by atoms with Gasteiger partial charge < -0.3 is 14.7 Å². The van der Waals surface area contributed by atoms with Crippen molar-refractivity contribution in [1.29, 1.82) is 0 Å². The van der Waals surface area contributed by atoms with Crippen molar-refractivity contribution in [2.75, 3.05) is 38.0 Å². The van der Waals surface area contributed by atoms with Crippen LogP contribution in [0.25, 0.3) is 0 Å². The Morgan fingerprint density at radius 1 is 1.15 bits per heavy atom. The molecular formula is C20H28N4O2. The third kappa shape index (κ3) is 4.43. The lowest BCUT2D eigenvalue weighted by atomic mass is 10.1. The van der Waals surface area contributed by atoms with Gasteiger partial charge in [-0.1, -0.05) is 23.4 Å². The first-order valence-corrected chi connectivity index (χ1v) is 9.26. The Morgan fingerprint density at radius 3 is 2.54 bits per heavy atom. The van der Waals surface area contributed by atoms with E-state index >= 15 is 0 Å². The average Bonchev–Trinajstić information content (AvgIpc) is 2.96. The van der Waals surface area contributed by atoms with Gasteiger partial charge in [-0.25, -0.2) is 0 Å². The van der Waals surface area contributed by atoms with Crippen LogP contribution in [0.2, 0.25) is 0 Å². The molecular weight excluding hydrogens is 328 g/mol. The molecule has 0 atom stereocenters. The monoisotopic (exact) mass is 356 g/mol. The van der Waals surface area contributed by atoms with Crippen molar-refractivity contribution in [1.82, 2.24) is 15.0 Å². The van der Waals surface area contributed by atoms with Gasteiger partial charge in [0.1, 0.15) is 5.76 Å². The van der Waals surface area contributed by atoms with Crippen LogP contribution in [0.1, 0.15) is 29.0 Å². The zero-order valence-electron chi connectivity index (χ0n) is 15.9. The van der Waals surface area contributed by atoms with Crippen LogP contribution >= 0.6 is 0 Å². The molecule has 0 unspecified atom stereocenters. The molecule has 1 N–H and O–H groups in total. The Hall–Kier alpha value is -2.34. The highest BCUT2D eigenvalue weighted by Crippen LogP contribution is 2.17. The van der Waals surface area contributed by atoms with Gasteiger partial charge >= 0.3 is 0 Å². The lowest BCUT2D eigenvalue weighted by Gasteiger charge is -2.34. The number of rotatable bonds is 6. The summed E-state index contributed by atoms with van der Waals surface area (Å²) in [6.45, 7) is 10.9. The van der Waals surface area contributed by atoms with Crippen LogP contribution < -0.4 is 5.32 Å². The van der Waals surface area contributed by atoms with Crippen LogP contribution in [0.3, 0.4) is 0 Å². The van der Waals surface area contributed by atoms with Gasteiger partial charge in [0.05, 0.1) is 5.69 Å². The maximum atomic E-state index is 12.4. The SMILES string of the molecule is Cc1ccccc1NCCC(=O)N1CCN(Cc2c(C)noc2C)CC1. The van der Waals surface area contributed by atoms with E-state index in [4.69, 9.17) is 4.52 Å². The van der Waals surface area contributed by atoms with E-state index in [1.807, 2.05) is 36.9 Å². The number of carbonyl (C=O) groups excluding carboxylic acids is 1. The number of hydrogen-bond donors (Lipinski definition) is 1. The lowest BCUT2D eigenvalue weighted by molar-refractivity contribution is -0.132. The molecule has 0 radical (unpaired) electrons. The minimum Gasteiger partial charge on any atom is -0.384 e. The van der Waals surface area contributed by atoms with E-state index in [-0.39, 0.29) is 5.91 Å². The number of hydrogen-bond acceptors (Lipinski definition) is 5. The molecule has 1 amide bonds. The van der Waals surface area contributed by atoms with Gasteiger partial charge in [-0.05, 0) is 32.4 Å². The molecule has 6 nitrogen and oxygen atoms in total. The normalized spacial score (nSPS) is 15.3. The largest absolute Gasteiger partial charge is 0.384 e. The maximum Gasteiger partial charge on any atom is 0.224 e. The third-order valence-electron chi connectivity index (χ3n) is 5.09. The third-order valence-corrected chi connectivity index (χ3v) is 5.09. The highest BCUT2D eigenvalue weighted by Gasteiger charge is 2.22. The summed E-state index contributed by atoms with van der Waals surface area (Å²) in [5.74, 6) is 1.12. The Morgan fingerprint density at radius 2 is 1.88 bits per heavy atom. The molecule has 1 aliphatic rings. The number of benzene rings is 1. The van der Waals surface area contributed by atoms with Gasteiger partial charge in [0.25, 0.3) is 0 Å². The molecule has 0 saturated carbocycles. The number of nitrogens with zero attached hydrogens (tertiary/aromatic N) is 3. The molecule has 0 spiro atoms. The number of amides is 1. The van der Waals surface area contributed by atoms with Crippen molar-refractivity contribution in [3.8, 4) is 0 Å². The summed E-state index contributed by atoms with van der Waals surface area (Å²) >= 11 is 0. The number of anilines is 1. The summed E-state index contributed by atoms with van der Waals surface area (Å²) in [7, 11) is 0. The van der Waals surface area contributed by atoms with Crippen molar-refractivity contribution >= 4 is 11.6 Å². The summed E-state index contributed by atoms with van der Waals surface area (Å²) in [4.78, 5) is 16.8. The highest BCUT2D eigenvalue weighted by atomic mass is 16.5. The summed E-state index contributed by atoms with van der Waals surface area (Å²) < 4.78 is 5.24. The Bertz CT molecular complexity index is 729. The molecule has 0 bridgehead atoms. The van der Waals surface area contributed by atoms with Gasteiger partial charge in [-0.3, -0.25) is 9.69 Å². The fourth-order valence-corrected chi connectivity index (χ4v) is 3.34. The Labute approximate surface area is 155 Å².